The van der Waals surface area contributed by atoms with Gasteiger partial charge >= 0.3 is 0 Å². The van der Waals surface area contributed by atoms with Crippen LogP contribution in [-0.4, -0.2) is 59.0 Å². The summed E-state index contributed by atoms with van der Waals surface area (Å²) in [4.78, 5) is 29.5. The number of rotatable bonds is 4. The predicted octanol–water partition coefficient (Wildman–Crippen LogP) is 3.00. The largest absolute Gasteiger partial charge is 0.494 e. The molecule has 0 bridgehead atoms. The highest BCUT2D eigenvalue weighted by molar-refractivity contribution is 7.99. The summed E-state index contributed by atoms with van der Waals surface area (Å²) in [6, 6.07) is 6.85. The predicted molar refractivity (Wildman–Crippen MR) is 99.9 cm³/mol. The number of ether oxygens (including phenoxy) is 1. The van der Waals surface area contributed by atoms with Crippen molar-refractivity contribution in [1.29, 1.82) is 0 Å². The Bertz CT molecular complexity index is 597. The van der Waals surface area contributed by atoms with E-state index in [9.17, 15) is 9.59 Å². The van der Waals surface area contributed by atoms with Crippen molar-refractivity contribution in [2.24, 2.45) is 0 Å². The summed E-state index contributed by atoms with van der Waals surface area (Å²) in [6.45, 7) is 4.18. The van der Waals surface area contributed by atoms with Gasteiger partial charge in [0.05, 0.1) is 12.5 Å². The normalized spacial score (nSPS) is 21.1. The molecule has 25 heavy (non-hydrogen) atoms. The van der Waals surface area contributed by atoms with Crippen LogP contribution in [0.2, 0.25) is 0 Å². The molecule has 3 rings (SSSR count). The van der Waals surface area contributed by atoms with Crippen LogP contribution in [0.4, 0.5) is 0 Å². The Morgan fingerprint density at radius 1 is 1.12 bits per heavy atom. The van der Waals surface area contributed by atoms with Gasteiger partial charge in [-0.2, -0.15) is 0 Å². The van der Waals surface area contributed by atoms with E-state index in [1.807, 2.05) is 24.0 Å². The van der Waals surface area contributed by atoms with Crippen molar-refractivity contribution in [3.8, 4) is 5.75 Å². The molecule has 0 unspecified atom stereocenters. The number of hydrogen-bond donors (Lipinski definition) is 0. The standard InChI is InChI=1S/C19H26N2O3S/c1-2-24-16-9-7-15(8-10-16)18(22)21-14-25-13-17(21)19(23)20-11-5-3-4-6-12-20/h7-10,17H,2-6,11-14H2,1H3/t17-/m0/s1. The van der Waals surface area contributed by atoms with E-state index in [4.69, 9.17) is 4.74 Å². The Labute approximate surface area is 153 Å². The third kappa shape index (κ3) is 4.29. The summed E-state index contributed by atoms with van der Waals surface area (Å²) in [7, 11) is 0. The highest BCUT2D eigenvalue weighted by atomic mass is 32.2. The maximum Gasteiger partial charge on any atom is 0.255 e. The minimum Gasteiger partial charge on any atom is -0.494 e. The molecule has 2 amide bonds. The molecule has 136 valence electrons. The van der Waals surface area contributed by atoms with Gasteiger partial charge in [-0.1, -0.05) is 12.8 Å². The van der Waals surface area contributed by atoms with Crippen LogP contribution in [0.15, 0.2) is 24.3 Å². The Balaban J connectivity index is 1.69. The lowest BCUT2D eigenvalue weighted by Gasteiger charge is -2.29. The maximum atomic E-state index is 12.9. The molecule has 2 heterocycles. The van der Waals surface area contributed by atoms with Crippen LogP contribution in [0, 0.1) is 0 Å². The minimum absolute atomic E-state index is 0.0683. The zero-order valence-corrected chi connectivity index (χ0v) is 15.6. The average Bonchev–Trinajstić information content (AvgIpc) is 2.96. The first-order valence-corrected chi connectivity index (χ1v) is 10.3. The molecule has 0 saturated carbocycles. The summed E-state index contributed by atoms with van der Waals surface area (Å²) in [5.74, 6) is 2.08. The Morgan fingerprint density at radius 3 is 2.44 bits per heavy atom. The molecule has 0 aromatic heterocycles. The van der Waals surface area contributed by atoms with Crippen molar-refractivity contribution in [3.63, 3.8) is 0 Å². The van der Waals surface area contributed by atoms with Crippen molar-refractivity contribution in [1.82, 2.24) is 9.80 Å². The highest BCUT2D eigenvalue weighted by Gasteiger charge is 2.37. The topological polar surface area (TPSA) is 49.9 Å². The molecule has 0 spiro atoms. The fourth-order valence-corrected chi connectivity index (χ4v) is 4.52. The van der Waals surface area contributed by atoms with Gasteiger partial charge < -0.3 is 14.5 Å². The number of hydrogen-bond acceptors (Lipinski definition) is 4. The number of carbonyl (C=O) groups excluding carboxylic acids is 2. The fraction of sp³-hybridized carbons (Fsp3) is 0.579. The molecule has 0 N–H and O–H groups in total. The SMILES string of the molecule is CCOc1ccc(C(=O)N2CSC[C@H]2C(=O)N2CCCCCC2)cc1. The van der Waals surface area contributed by atoms with E-state index >= 15 is 0 Å². The number of carbonyl (C=O) groups is 2. The fourth-order valence-electron chi connectivity index (χ4n) is 3.38. The van der Waals surface area contributed by atoms with E-state index in [0.29, 0.717) is 23.8 Å². The van der Waals surface area contributed by atoms with Gasteiger partial charge in [0, 0.05) is 24.4 Å². The molecule has 2 fully saturated rings. The average molecular weight is 362 g/mol. The van der Waals surface area contributed by atoms with Crippen LogP contribution in [0.1, 0.15) is 43.0 Å². The first kappa shape index (κ1) is 18.1. The zero-order valence-electron chi connectivity index (χ0n) is 14.8. The van der Waals surface area contributed by atoms with E-state index in [0.717, 1.165) is 31.7 Å². The highest BCUT2D eigenvalue weighted by Crippen LogP contribution is 2.26. The van der Waals surface area contributed by atoms with Crippen LogP contribution in [0.5, 0.6) is 5.75 Å². The summed E-state index contributed by atoms with van der Waals surface area (Å²) < 4.78 is 5.43. The second-order valence-electron chi connectivity index (χ2n) is 6.49. The third-order valence-corrected chi connectivity index (χ3v) is 5.77. The third-order valence-electron chi connectivity index (χ3n) is 4.76. The lowest BCUT2D eigenvalue weighted by Crippen LogP contribution is -2.49. The molecule has 1 aromatic carbocycles. The monoisotopic (exact) mass is 362 g/mol. The van der Waals surface area contributed by atoms with Gasteiger partial charge in [0.15, 0.2) is 0 Å². The number of nitrogens with zero attached hydrogens (tertiary/aromatic N) is 2. The first-order valence-electron chi connectivity index (χ1n) is 9.11. The molecule has 5 nitrogen and oxygen atoms in total. The van der Waals surface area contributed by atoms with Crippen molar-refractivity contribution >= 4 is 23.6 Å². The van der Waals surface area contributed by atoms with Gasteiger partial charge in [0.1, 0.15) is 11.8 Å². The molecule has 2 aliphatic rings. The Morgan fingerprint density at radius 2 is 1.80 bits per heavy atom. The van der Waals surface area contributed by atoms with Gasteiger partial charge in [0.25, 0.3) is 5.91 Å². The second-order valence-corrected chi connectivity index (χ2v) is 7.49. The summed E-state index contributed by atoms with van der Waals surface area (Å²) in [6.07, 6.45) is 4.52. The molecule has 2 aliphatic heterocycles. The molecule has 1 aromatic rings. The quantitative estimate of drug-likeness (QED) is 0.826. The second kappa shape index (κ2) is 8.61. The lowest BCUT2D eigenvalue weighted by molar-refractivity contribution is -0.134. The number of thioether (sulfide) groups is 1. The van der Waals surface area contributed by atoms with E-state index < -0.39 is 0 Å². The number of amides is 2. The van der Waals surface area contributed by atoms with Gasteiger partial charge in [-0.25, -0.2) is 0 Å². The molecule has 0 aliphatic carbocycles. The van der Waals surface area contributed by atoms with Crippen LogP contribution in [0.3, 0.4) is 0 Å². The van der Waals surface area contributed by atoms with Gasteiger partial charge in [-0.15, -0.1) is 11.8 Å². The van der Waals surface area contributed by atoms with Crippen LogP contribution in [0.25, 0.3) is 0 Å². The van der Waals surface area contributed by atoms with Gasteiger partial charge in [-0.05, 0) is 44.0 Å². The first-order chi connectivity index (χ1) is 12.2. The molecule has 1 atom stereocenters. The van der Waals surface area contributed by atoms with Crippen molar-refractivity contribution in [3.05, 3.63) is 29.8 Å². The smallest absolute Gasteiger partial charge is 0.255 e. The van der Waals surface area contributed by atoms with Gasteiger partial charge in [-0.3, -0.25) is 9.59 Å². The van der Waals surface area contributed by atoms with E-state index in [2.05, 4.69) is 0 Å². The molecular weight excluding hydrogens is 336 g/mol. The minimum atomic E-state index is -0.331. The van der Waals surface area contributed by atoms with Crippen molar-refractivity contribution in [2.75, 3.05) is 31.3 Å². The molecule has 6 heteroatoms. The summed E-state index contributed by atoms with van der Waals surface area (Å²) in [5, 5.41) is 0. The van der Waals surface area contributed by atoms with Crippen molar-refractivity contribution in [2.45, 2.75) is 38.6 Å². The summed E-state index contributed by atoms with van der Waals surface area (Å²) >= 11 is 1.65. The van der Waals surface area contributed by atoms with E-state index in [-0.39, 0.29) is 17.9 Å². The molecule has 0 radical (unpaired) electrons. The molecule has 2 saturated heterocycles. The van der Waals surface area contributed by atoms with Gasteiger partial charge in [0.2, 0.25) is 5.91 Å². The van der Waals surface area contributed by atoms with Crippen molar-refractivity contribution < 1.29 is 14.3 Å². The van der Waals surface area contributed by atoms with Crippen LogP contribution in [-0.2, 0) is 4.79 Å². The summed E-state index contributed by atoms with van der Waals surface area (Å²) in [5.41, 5.74) is 0.611. The number of likely N-dealkylation sites (tertiary alicyclic amines) is 1. The molecular formula is C19H26N2O3S. The maximum absolute atomic E-state index is 12.9. The number of benzene rings is 1. The zero-order chi connectivity index (χ0) is 17.6. The lowest BCUT2D eigenvalue weighted by atomic mass is 10.1. The van der Waals surface area contributed by atoms with Crippen LogP contribution >= 0.6 is 11.8 Å². The van der Waals surface area contributed by atoms with E-state index in [1.54, 1.807) is 28.8 Å². The van der Waals surface area contributed by atoms with Crippen LogP contribution < -0.4 is 4.74 Å². The Hall–Kier alpha value is -1.69. The Kier molecular flexibility index (Phi) is 6.24. The van der Waals surface area contributed by atoms with E-state index in [1.165, 1.54) is 12.8 Å².